The van der Waals surface area contributed by atoms with Crippen molar-refractivity contribution in [2.45, 2.75) is 46.0 Å². The number of thiophene rings is 1. The van der Waals surface area contributed by atoms with Gasteiger partial charge in [0.15, 0.2) is 5.78 Å². The van der Waals surface area contributed by atoms with Crippen LogP contribution in [0.3, 0.4) is 0 Å². The number of ketones is 1. The van der Waals surface area contributed by atoms with Crippen molar-refractivity contribution in [3.63, 3.8) is 0 Å². The average molecular weight is 506 g/mol. The van der Waals surface area contributed by atoms with Crippen molar-refractivity contribution in [3.05, 3.63) is 55.2 Å². The molecule has 4 nitrogen and oxygen atoms in total. The summed E-state index contributed by atoms with van der Waals surface area (Å²) in [5.41, 5.74) is 0.930. The summed E-state index contributed by atoms with van der Waals surface area (Å²) in [7, 11) is 2.08. The second-order valence-corrected chi connectivity index (χ2v) is 11.6. The van der Waals surface area contributed by atoms with Crippen LogP contribution >= 0.6 is 34.5 Å². The summed E-state index contributed by atoms with van der Waals surface area (Å²) >= 11 is 13.5. The molecule has 2 aromatic rings. The van der Waals surface area contributed by atoms with Crippen molar-refractivity contribution in [3.8, 4) is 11.8 Å². The van der Waals surface area contributed by atoms with Crippen molar-refractivity contribution >= 4 is 46.3 Å². The lowest BCUT2D eigenvalue weighted by molar-refractivity contribution is 0.0697. The first-order chi connectivity index (χ1) is 15.4. The third-order valence-electron chi connectivity index (χ3n) is 5.88. The zero-order valence-electron chi connectivity index (χ0n) is 19.4. The van der Waals surface area contributed by atoms with E-state index in [2.05, 4.69) is 23.8 Å². The summed E-state index contributed by atoms with van der Waals surface area (Å²) in [5.74, 6) is 5.23. The third kappa shape index (κ3) is 6.83. The van der Waals surface area contributed by atoms with E-state index in [1.807, 2.05) is 26.8 Å². The third-order valence-corrected chi connectivity index (χ3v) is 7.49. The Bertz CT molecular complexity index is 1100. The number of carboxylic acids is 1. The van der Waals surface area contributed by atoms with Gasteiger partial charge in [0.25, 0.3) is 0 Å². The van der Waals surface area contributed by atoms with Crippen LogP contribution in [0.25, 0.3) is 0 Å². The van der Waals surface area contributed by atoms with E-state index in [9.17, 15) is 14.7 Å². The van der Waals surface area contributed by atoms with Crippen molar-refractivity contribution in [1.29, 1.82) is 0 Å². The molecule has 33 heavy (non-hydrogen) atoms. The normalized spacial score (nSPS) is 16.2. The highest BCUT2D eigenvalue weighted by molar-refractivity contribution is 7.14. The number of hydrogen-bond acceptors (Lipinski definition) is 4. The highest BCUT2D eigenvalue weighted by Gasteiger charge is 2.33. The second kappa shape index (κ2) is 10.6. The number of carbonyl (C=O) groups is 2. The minimum Gasteiger partial charge on any atom is -0.477 e. The maximum absolute atomic E-state index is 13.3. The first-order valence-electron chi connectivity index (χ1n) is 11.0. The summed E-state index contributed by atoms with van der Waals surface area (Å²) in [5, 5.41) is 10.7. The molecule has 1 fully saturated rings. The van der Waals surface area contributed by atoms with E-state index in [-0.39, 0.29) is 34.3 Å². The van der Waals surface area contributed by atoms with Gasteiger partial charge in [-0.2, -0.15) is 0 Å². The molecule has 0 radical (unpaired) electrons. The lowest BCUT2D eigenvalue weighted by Crippen LogP contribution is -2.33. The number of likely N-dealkylation sites (tertiary alicyclic amines) is 1. The van der Waals surface area contributed by atoms with Gasteiger partial charge < -0.3 is 10.0 Å². The molecule has 1 atom stereocenters. The van der Waals surface area contributed by atoms with Gasteiger partial charge in [-0.25, -0.2) is 4.79 Å². The van der Waals surface area contributed by atoms with Crippen LogP contribution in [0.4, 0.5) is 0 Å². The molecule has 0 aliphatic carbocycles. The first-order valence-corrected chi connectivity index (χ1v) is 12.6. The van der Waals surface area contributed by atoms with Crippen LogP contribution < -0.4 is 0 Å². The van der Waals surface area contributed by atoms with Crippen molar-refractivity contribution in [2.24, 2.45) is 11.3 Å². The van der Waals surface area contributed by atoms with E-state index in [0.717, 1.165) is 25.9 Å². The van der Waals surface area contributed by atoms with Gasteiger partial charge in [-0.1, -0.05) is 35.0 Å². The van der Waals surface area contributed by atoms with Crippen molar-refractivity contribution in [1.82, 2.24) is 4.90 Å². The molecule has 2 heterocycles. The maximum Gasteiger partial charge on any atom is 0.346 e. The fourth-order valence-electron chi connectivity index (χ4n) is 4.15. The molecule has 0 saturated carbocycles. The van der Waals surface area contributed by atoms with Gasteiger partial charge in [-0.05, 0) is 95.4 Å². The number of rotatable bonds is 6. The Balaban J connectivity index is 2.02. The predicted molar refractivity (Wildman–Crippen MR) is 136 cm³/mol. The Labute approximate surface area is 209 Å². The molecule has 0 spiro atoms. The smallest absolute Gasteiger partial charge is 0.346 e. The summed E-state index contributed by atoms with van der Waals surface area (Å²) in [6.07, 6.45) is 2.00. The van der Waals surface area contributed by atoms with Crippen LogP contribution in [-0.4, -0.2) is 41.9 Å². The average Bonchev–Trinajstić information content (AvgIpc) is 3.15. The maximum atomic E-state index is 13.3. The molecule has 1 aromatic carbocycles. The van der Waals surface area contributed by atoms with Crippen LogP contribution in [-0.2, 0) is 0 Å². The highest BCUT2D eigenvalue weighted by Crippen LogP contribution is 2.41. The van der Waals surface area contributed by atoms with E-state index >= 15 is 0 Å². The molecule has 7 heteroatoms. The van der Waals surface area contributed by atoms with E-state index < -0.39 is 5.97 Å². The summed E-state index contributed by atoms with van der Waals surface area (Å²) < 4.78 is 0. The number of carboxylic acid groups (broad SMARTS) is 1. The predicted octanol–water partition coefficient (Wildman–Crippen LogP) is 6.85. The molecule has 1 aliphatic rings. The number of aromatic carboxylic acids is 1. The molecule has 1 aromatic heterocycles. The molecular weight excluding hydrogens is 477 g/mol. The van der Waals surface area contributed by atoms with Gasteiger partial charge in [0.1, 0.15) is 4.88 Å². The Kier molecular flexibility index (Phi) is 8.29. The number of Topliss-reactive ketones (excluding diaryl/α,β-unsaturated/α-hetero) is 1. The Morgan fingerprint density at radius 2 is 1.88 bits per heavy atom. The molecule has 1 unspecified atom stereocenters. The lowest BCUT2D eigenvalue weighted by atomic mass is 9.76. The number of carbonyl (C=O) groups excluding carboxylic acids is 1. The number of piperidine rings is 1. The van der Waals surface area contributed by atoms with Crippen LogP contribution in [0.1, 0.15) is 76.4 Å². The largest absolute Gasteiger partial charge is 0.477 e. The topological polar surface area (TPSA) is 57.6 Å². The van der Waals surface area contributed by atoms with E-state index in [4.69, 9.17) is 23.2 Å². The number of halogens is 2. The molecule has 1 aliphatic heterocycles. The molecule has 0 amide bonds. The summed E-state index contributed by atoms with van der Waals surface area (Å²) in [6.45, 7) is 7.88. The van der Waals surface area contributed by atoms with Crippen molar-refractivity contribution in [2.75, 3.05) is 20.1 Å². The minimum atomic E-state index is -0.978. The quantitative estimate of drug-likeness (QED) is 0.344. The van der Waals surface area contributed by atoms with Crippen LogP contribution in [0.2, 0.25) is 10.0 Å². The first kappa shape index (κ1) is 25.8. The lowest BCUT2D eigenvalue weighted by Gasteiger charge is -2.34. The summed E-state index contributed by atoms with van der Waals surface area (Å²) in [6, 6.07) is 6.74. The van der Waals surface area contributed by atoms with Gasteiger partial charge in [-0.3, -0.25) is 4.79 Å². The fraction of sp³-hybridized carbons (Fsp3) is 0.462. The zero-order valence-corrected chi connectivity index (χ0v) is 21.7. The van der Waals surface area contributed by atoms with Gasteiger partial charge >= 0.3 is 5.97 Å². The second-order valence-electron chi connectivity index (χ2n) is 9.70. The molecular formula is C26H29Cl2NO3S. The van der Waals surface area contributed by atoms with Crippen LogP contribution in [0, 0.1) is 23.2 Å². The zero-order chi connectivity index (χ0) is 24.3. The van der Waals surface area contributed by atoms with E-state index in [1.165, 1.54) is 11.3 Å². The van der Waals surface area contributed by atoms with E-state index in [1.54, 1.807) is 18.2 Å². The molecule has 0 bridgehead atoms. The summed E-state index contributed by atoms with van der Waals surface area (Å²) in [4.78, 5) is 28.7. The molecule has 1 N–H and O–H groups in total. The fourth-order valence-corrected chi connectivity index (χ4v) is 5.58. The number of nitrogens with zero attached hydrogens (tertiary/aromatic N) is 1. The van der Waals surface area contributed by atoms with Crippen molar-refractivity contribution < 1.29 is 14.7 Å². The molecule has 1 saturated heterocycles. The van der Waals surface area contributed by atoms with Crippen LogP contribution in [0.5, 0.6) is 0 Å². The van der Waals surface area contributed by atoms with Gasteiger partial charge in [0, 0.05) is 22.4 Å². The number of benzene rings is 1. The number of hydrogen-bond donors (Lipinski definition) is 1. The van der Waals surface area contributed by atoms with E-state index in [0.29, 0.717) is 26.0 Å². The standard InChI is InChI=1S/C26H29Cl2NO3S/c1-26(2,3)10-7-18-14-21(24(33-18)25(31)32)20(16-8-11-29(4)12-9-16)15-23(30)19-6-5-17(27)13-22(19)28/h5-6,13-14,16,20H,8-9,11-12,15H2,1-4H3,(H,31,32). The Hall–Kier alpha value is -1.84. The van der Waals surface area contributed by atoms with Gasteiger partial charge in [0.05, 0.1) is 9.90 Å². The van der Waals surface area contributed by atoms with Gasteiger partial charge in [-0.15, -0.1) is 11.3 Å². The Morgan fingerprint density at radius 1 is 1.21 bits per heavy atom. The highest BCUT2D eigenvalue weighted by atomic mass is 35.5. The van der Waals surface area contributed by atoms with Gasteiger partial charge in [0.2, 0.25) is 0 Å². The SMILES string of the molecule is CN1CCC(C(CC(=O)c2ccc(Cl)cc2Cl)c2cc(C#CC(C)(C)C)sc2C(=O)O)CC1. The Morgan fingerprint density at radius 3 is 2.45 bits per heavy atom. The monoisotopic (exact) mass is 505 g/mol. The molecule has 176 valence electrons. The minimum absolute atomic E-state index is 0.106. The molecule has 3 rings (SSSR count). The van der Waals surface area contributed by atoms with Crippen LogP contribution in [0.15, 0.2) is 24.3 Å².